The van der Waals surface area contributed by atoms with Crippen LogP contribution in [-0.4, -0.2) is 30.6 Å². The van der Waals surface area contributed by atoms with E-state index >= 15 is 0 Å². The van der Waals surface area contributed by atoms with Gasteiger partial charge in [-0.15, -0.1) is 0 Å². The fourth-order valence-electron chi connectivity index (χ4n) is 3.17. The van der Waals surface area contributed by atoms with Crippen molar-refractivity contribution in [3.05, 3.63) is 23.3 Å². The molecule has 0 spiro atoms. The van der Waals surface area contributed by atoms with Gasteiger partial charge in [0, 0.05) is 13.0 Å². The van der Waals surface area contributed by atoms with E-state index < -0.39 is 0 Å². The van der Waals surface area contributed by atoms with E-state index in [9.17, 15) is 4.79 Å². The smallest absolute Gasteiger partial charge is 0.223 e. The lowest BCUT2D eigenvalue weighted by Gasteiger charge is -2.36. The minimum atomic E-state index is 0.119. The molecule has 0 aromatic heterocycles. The number of ether oxygens (including phenoxy) is 2. The van der Waals surface area contributed by atoms with Crippen LogP contribution in [0, 0.1) is 0 Å². The van der Waals surface area contributed by atoms with Crippen molar-refractivity contribution in [3.63, 3.8) is 0 Å². The molecule has 114 valence electrons. The van der Waals surface area contributed by atoms with Crippen LogP contribution in [0.15, 0.2) is 12.1 Å². The van der Waals surface area contributed by atoms with Gasteiger partial charge in [-0.1, -0.05) is 13.3 Å². The number of carbonyl (C=O) groups excluding carboxylic acids is 1. The van der Waals surface area contributed by atoms with E-state index in [0.29, 0.717) is 19.6 Å². The second kappa shape index (κ2) is 5.96. The first-order valence-corrected chi connectivity index (χ1v) is 7.92. The summed E-state index contributed by atoms with van der Waals surface area (Å²) in [5.41, 5.74) is 2.49. The van der Waals surface area contributed by atoms with Gasteiger partial charge in [0.15, 0.2) is 11.5 Å². The molecule has 1 amide bonds. The molecule has 0 aliphatic carbocycles. The van der Waals surface area contributed by atoms with Crippen molar-refractivity contribution >= 4 is 5.91 Å². The molecule has 0 saturated heterocycles. The van der Waals surface area contributed by atoms with Crippen LogP contribution in [0.25, 0.3) is 0 Å². The van der Waals surface area contributed by atoms with E-state index in [1.165, 1.54) is 11.1 Å². The van der Waals surface area contributed by atoms with Crippen molar-refractivity contribution in [2.24, 2.45) is 0 Å². The molecule has 0 bridgehead atoms. The molecule has 4 heteroatoms. The maximum Gasteiger partial charge on any atom is 0.223 e. The Labute approximate surface area is 126 Å². The van der Waals surface area contributed by atoms with Crippen LogP contribution in [0.1, 0.15) is 50.3 Å². The van der Waals surface area contributed by atoms with Gasteiger partial charge in [0.1, 0.15) is 13.2 Å². The Bertz CT molecular complexity index is 541. The Hall–Kier alpha value is -1.71. The number of rotatable bonds is 3. The maximum atomic E-state index is 12.3. The number of unbranched alkanes of at least 4 members (excludes halogenated alkanes) is 1. The predicted molar refractivity (Wildman–Crippen MR) is 80.8 cm³/mol. The average molecular weight is 289 g/mol. The molecule has 1 unspecified atom stereocenters. The van der Waals surface area contributed by atoms with Gasteiger partial charge in [-0.2, -0.15) is 0 Å². The van der Waals surface area contributed by atoms with Crippen LogP contribution in [0.2, 0.25) is 0 Å². The van der Waals surface area contributed by atoms with Crippen LogP contribution in [0.5, 0.6) is 11.5 Å². The fourth-order valence-corrected chi connectivity index (χ4v) is 3.17. The van der Waals surface area contributed by atoms with Crippen LogP contribution in [-0.2, 0) is 11.2 Å². The SMILES string of the molecule is CCCCC(=O)N1CCc2cc3c(cc2C1C)OCCO3. The number of carbonyl (C=O) groups is 1. The Morgan fingerprint density at radius 3 is 2.71 bits per heavy atom. The van der Waals surface area contributed by atoms with E-state index in [1.807, 2.05) is 4.90 Å². The highest BCUT2D eigenvalue weighted by atomic mass is 16.6. The zero-order chi connectivity index (χ0) is 14.8. The zero-order valence-corrected chi connectivity index (χ0v) is 12.9. The number of nitrogens with zero attached hydrogens (tertiary/aromatic N) is 1. The number of hydrogen-bond donors (Lipinski definition) is 0. The van der Waals surface area contributed by atoms with Gasteiger partial charge in [0.05, 0.1) is 6.04 Å². The Morgan fingerprint density at radius 1 is 1.29 bits per heavy atom. The lowest BCUT2D eigenvalue weighted by Crippen LogP contribution is -2.38. The Morgan fingerprint density at radius 2 is 2.00 bits per heavy atom. The quantitative estimate of drug-likeness (QED) is 0.858. The molecule has 2 aliphatic heterocycles. The van der Waals surface area contributed by atoms with Crippen molar-refractivity contribution in [1.82, 2.24) is 4.90 Å². The summed E-state index contributed by atoms with van der Waals surface area (Å²) in [6.45, 7) is 6.24. The molecule has 1 atom stereocenters. The molecule has 1 aromatic carbocycles. The first-order chi connectivity index (χ1) is 10.2. The second-order valence-electron chi connectivity index (χ2n) is 5.81. The molecular formula is C17H23NO3. The van der Waals surface area contributed by atoms with E-state index in [-0.39, 0.29) is 11.9 Å². The van der Waals surface area contributed by atoms with Gasteiger partial charge in [-0.3, -0.25) is 4.79 Å². The molecule has 2 heterocycles. The number of amides is 1. The first-order valence-electron chi connectivity index (χ1n) is 7.92. The highest BCUT2D eigenvalue weighted by Gasteiger charge is 2.29. The largest absolute Gasteiger partial charge is 0.486 e. The van der Waals surface area contributed by atoms with E-state index in [4.69, 9.17) is 9.47 Å². The van der Waals surface area contributed by atoms with Crippen LogP contribution in [0.3, 0.4) is 0 Å². The van der Waals surface area contributed by atoms with Gasteiger partial charge in [-0.25, -0.2) is 0 Å². The summed E-state index contributed by atoms with van der Waals surface area (Å²) in [7, 11) is 0. The molecule has 3 rings (SSSR count). The Kier molecular flexibility index (Phi) is 4.04. The highest BCUT2D eigenvalue weighted by Crippen LogP contribution is 2.39. The highest BCUT2D eigenvalue weighted by molar-refractivity contribution is 5.77. The van der Waals surface area contributed by atoms with E-state index in [2.05, 4.69) is 26.0 Å². The minimum Gasteiger partial charge on any atom is -0.486 e. The molecule has 0 radical (unpaired) electrons. The van der Waals surface area contributed by atoms with Gasteiger partial charge in [0.25, 0.3) is 0 Å². The topological polar surface area (TPSA) is 38.8 Å². The number of fused-ring (bicyclic) bond motifs is 2. The Balaban J connectivity index is 1.84. The third-order valence-corrected chi connectivity index (χ3v) is 4.41. The molecule has 21 heavy (non-hydrogen) atoms. The predicted octanol–water partition coefficient (Wildman–Crippen LogP) is 3.09. The number of hydrogen-bond acceptors (Lipinski definition) is 3. The lowest BCUT2D eigenvalue weighted by atomic mass is 9.92. The fraction of sp³-hybridized carbons (Fsp3) is 0.588. The maximum absolute atomic E-state index is 12.3. The number of benzene rings is 1. The van der Waals surface area contributed by atoms with Crippen molar-refractivity contribution in [3.8, 4) is 11.5 Å². The molecule has 1 aromatic rings. The summed E-state index contributed by atoms with van der Waals surface area (Å²) in [6.07, 6.45) is 3.58. The van der Waals surface area contributed by atoms with Gasteiger partial charge >= 0.3 is 0 Å². The van der Waals surface area contributed by atoms with Crippen molar-refractivity contribution < 1.29 is 14.3 Å². The third kappa shape index (κ3) is 2.71. The summed E-state index contributed by atoms with van der Waals surface area (Å²) in [4.78, 5) is 14.3. The molecular weight excluding hydrogens is 266 g/mol. The van der Waals surface area contributed by atoms with Crippen molar-refractivity contribution in [2.75, 3.05) is 19.8 Å². The minimum absolute atomic E-state index is 0.119. The van der Waals surface area contributed by atoms with E-state index in [0.717, 1.165) is 37.3 Å². The first kappa shape index (κ1) is 14.2. The summed E-state index contributed by atoms with van der Waals surface area (Å²) >= 11 is 0. The molecule has 0 saturated carbocycles. The van der Waals surface area contributed by atoms with Crippen LogP contribution >= 0.6 is 0 Å². The zero-order valence-electron chi connectivity index (χ0n) is 12.9. The summed E-state index contributed by atoms with van der Waals surface area (Å²) in [5, 5.41) is 0. The van der Waals surface area contributed by atoms with Gasteiger partial charge in [-0.05, 0) is 43.0 Å². The van der Waals surface area contributed by atoms with Gasteiger partial charge < -0.3 is 14.4 Å². The van der Waals surface area contributed by atoms with E-state index in [1.54, 1.807) is 0 Å². The van der Waals surface area contributed by atoms with Crippen molar-refractivity contribution in [2.45, 2.75) is 45.6 Å². The third-order valence-electron chi connectivity index (χ3n) is 4.41. The van der Waals surface area contributed by atoms with Crippen LogP contribution in [0.4, 0.5) is 0 Å². The molecule has 4 nitrogen and oxygen atoms in total. The normalized spacial score (nSPS) is 20.1. The van der Waals surface area contributed by atoms with Crippen molar-refractivity contribution in [1.29, 1.82) is 0 Å². The summed E-state index contributed by atoms with van der Waals surface area (Å²) < 4.78 is 11.3. The summed E-state index contributed by atoms with van der Waals surface area (Å²) in [6, 6.07) is 4.27. The monoisotopic (exact) mass is 289 g/mol. The molecule has 0 N–H and O–H groups in total. The van der Waals surface area contributed by atoms with Crippen LogP contribution < -0.4 is 9.47 Å². The summed E-state index contributed by atoms with van der Waals surface area (Å²) in [5.74, 6) is 1.93. The molecule has 2 aliphatic rings. The van der Waals surface area contributed by atoms with Gasteiger partial charge in [0.2, 0.25) is 5.91 Å². The molecule has 0 fully saturated rings. The standard InChI is InChI=1S/C17H23NO3/c1-3-4-5-17(19)18-7-6-13-10-15-16(21-9-8-20-15)11-14(13)12(18)2/h10-12H,3-9H2,1-2H3. The lowest BCUT2D eigenvalue weighted by molar-refractivity contribution is -0.133. The average Bonchev–Trinajstić information content (AvgIpc) is 2.51. The second-order valence-corrected chi connectivity index (χ2v) is 5.81.